The summed E-state index contributed by atoms with van der Waals surface area (Å²) in [5.74, 6) is -4.75. The number of amides is 7. The quantitative estimate of drug-likeness (QED) is 0.0305. The van der Waals surface area contributed by atoms with Crippen molar-refractivity contribution < 1.29 is 33.6 Å². The Labute approximate surface area is 457 Å². The average molecular weight is 1100 g/mol. The summed E-state index contributed by atoms with van der Waals surface area (Å²) in [4.78, 5) is 107. The van der Waals surface area contributed by atoms with E-state index in [1.807, 2.05) is 84.9 Å². The van der Waals surface area contributed by atoms with E-state index >= 15 is 0 Å². The van der Waals surface area contributed by atoms with Gasteiger partial charge in [-0.3, -0.25) is 43.5 Å². The van der Waals surface area contributed by atoms with Crippen LogP contribution in [0.4, 0.5) is 0 Å². The van der Waals surface area contributed by atoms with Gasteiger partial charge in [-0.1, -0.05) is 115 Å². The number of hydrogen-bond donors (Lipinski definition) is 12. The predicted molar refractivity (Wildman–Crippen MR) is 303 cm³/mol. The first-order valence-electron chi connectivity index (χ1n) is 24.8. The SMILES string of the molecule is NC(=O)[C@@H]1CSCc2cccc(c2)CSC[C@H](NC(=O)CC(c2ccccc2)c2ccccc2)C(=O)N[C@@H](CCCN=C(N)N)C(=O)N[C@@H](CS)C(=O)N[C@@H](CCCN=C(N)N)C(=O)N[C@@H](Cc2ccccc2)C(=O)N1. The number of rotatable bonds is 17. The summed E-state index contributed by atoms with van der Waals surface area (Å²) < 4.78 is 0. The standard InChI is InChI=1S/C53H69N13O7S3/c54-46(68)43-31-75-29-34-15-10-16-35(25-34)30-76-32-44(61-45(67)27-38(36-17-6-2-7-18-36)37-19-8-3-9-20-37)51(73)63-40(22-12-24-60-53(57)58)48(70)65-42(28-74)50(72)62-39(21-11-23-59-52(55)56)47(69)64-41(49(71)66-43)26-33-13-4-1-5-14-33/h1-10,13-20,25,38-44,74H,11-12,21-24,26-32H2,(H2,54,68)(H,61,67)(H,62,72)(H,63,73)(H,64,69)(H,65,70)(H,66,71)(H4,55,56,59)(H4,57,58,60)/t39-,40-,41-,42-,43-,44-/m0/s1. The normalized spacial score (nSPS) is 20.4. The number of benzene rings is 4. The van der Waals surface area contributed by atoms with Gasteiger partial charge in [0.15, 0.2) is 11.9 Å². The van der Waals surface area contributed by atoms with Gasteiger partial charge in [0.25, 0.3) is 0 Å². The Morgan fingerprint density at radius 2 is 1.04 bits per heavy atom. The molecule has 0 saturated heterocycles. The molecule has 0 radical (unpaired) electrons. The second-order valence-corrected chi connectivity index (χ2v) is 20.5. The maximum atomic E-state index is 14.6. The zero-order chi connectivity index (χ0) is 54.8. The van der Waals surface area contributed by atoms with Gasteiger partial charge in [-0.05, 0) is 53.5 Å². The maximum absolute atomic E-state index is 14.6. The highest BCUT2D eigenvalue weighted by atomic mass is 32.2. The van der Waals surface area contributed by atoms with Crippen LogP contribution >= 0.6 is 36.2 Å². The number of fused-ring (bicyclic) bond motifs is 2. The third-order valence-corrected chi connectivity index (χ3v) is 14.7. The van der Waals surface area contributed by atoms with E-state index in [0.717, 1.165) is 22.3 Å². The number of carbonyl (C=O) groups excluding carboxylic acids is 7. The van der Waals surface area contributed by atoms with E-state index in [9.17, 15) is 33.6 Å². The molecule has 16 N–H and O–H groups in total. The Balaban J connectivity index is 1.49. The van der Waals surface area contributed by atoms with Crippen LogP contribution < -0.4 is 60.6 Å². The Morgan fingerprint density at radius 1 is 0.579 bits per heavy atom. The molecule has 406 valence electrons. The van der Waals surface area contributed by atoms with Gasteiger partial charge < -0.3 is 60.6 Å². The number of nitrogens with two attached hydrogens (primary N) is 5. The number of nitrogens with one attached hydrogen (secondary N) is 6. The molecule has 76 heavy (non-hydrogen) atoms. The molecule has 0 spiro atoms. The van der Waals surface area contributed by atoms with E-state index in [-0.39, 0.29) is 86.7 Å². The summed E-state index contributed by atoms with van der Waals surface area (Å²) >= 11 is 7.15. The molecule has 23 heteroatoms. The highest BCUT2D eigenvalue weighted by molar-refractivity contribution is 7.98. The molecule has 1 aliphatic rings. The highest BCUT2D eigenvalue weighted by Crippen LogP contribution is 2.28. The largest absolute Gasteiger partial charge is 0.370 e. The Hall–Kier alpha value is -7.24. The van der Waals surface area contributed by atoms with Crippen molar-refractivity contribution in [3.8, 4) is 0 Å². The maximum Gasteiger partial charge on any atom is 0.244 e. The number of thioether (sulfide) groups is 2. The third-order valence-electron chi connectivity index (χ3n) is 12.1. The molecule has 4 aromatic rings. The average Bonchev–Trinajstić information content (AvgIpc) is 3.40. The van der Waals surface area contributed by atoms with Crippen LogP contribution in [0.5, 0.6) is 0 Å². The minimum absolute atomic E-state index is 0.00459. The molecule has 7 amide bonds. The first kappa shape index (κ1) is 59.6. The van der Waals surface area contributed by atoms with E-state index in [1.165, 1.54) is 23.5 Å². The van der Waals surface area contributed by atoms with E-state index in [0.29, 0.717) is 17.1 Å². The summed E-state index contributed by atoms with van der Waals surface area (Å²) in [6.07, 6.45) is 0.427. The van der Waals surface area contributed by atoms with E-state index in [2.05, 4.69) is 54.5 Å². The van der Waals surface area contributed by atoms with Gasteiger partial charge >= 0.3 is 0 Å². The second kappa shape index (κ2) is 31.6. The highest BCUT2D eigenvalue weighted by Gasteiger charge is 2.34. The fourth-order valence-electron chi connectivity index (χ4n) is 8.17. The van der Waals surface area contributed by atoms with Gasteiger partial charge in [-0.25, -0.2) is 0 Å². The molecular formula is C53H69N13O7S3. The number of guanidine groups is 2. The summed E-state index contributed by atoms with van der Waals surface area (Å²) in [6.45, 7) is 0.197. The van der Waals surface area contributed by atoms with Crippen molar-refractivity contribution in [3.05, 3.63) is 143 Å². The smallest absolute Gasteiger partial charge is 0.244 e. The van der Waals surface area contributed by atoms with Crippen molar-refractivity contribution in [2.75, 3.05) is 30.3 Å². The van der Waals surface area contributed by atoms with E-state index in [4.69, 9.17) is 28.7 Å². The van der Waals surface area contributed by atoms with Gasteiger partial charge in [-0.2, -0.15) is 36.2 Å². The van der Waals surface area contributed by atoms with Gasteiger partial charge in [0.05, 0.1) is 0 Å². The zero-order valence-electron chi connectivity index (χ0n) is 42.1. The number of nitrogens with zero attached hydrogens (tertiary/aromatic N) is 2. The van der Waals surface area contributed by atoms with E-state index < -0.39 is 77.6 Å². The van der Waals surface area contributed by atoms with Gasteiger partial charge in [0, 0.05) is 60.6 Å². The lowest BCUT2D eigenvalue weighted by Gasteiger charge is -2.27. The van der Waals surface area contributed by atoms with Crippen LogP contribution in [0, 0.1) is 0 Å². The lowest BCUT2D eigenvalue weighted by Crippen LogP contribution is -2.60. The van der Waals surface area contributed by atoms with Crippen molar-refractivity contribution in [2.45, 2.75) is 92.2 Å². The zero-order valence-corrected chi connectivity index (χ0v) is 44.6. The fraction of sp³-hybridized carbons (Fsp3) is 0.377. The molecule has 1 aliphatic heterocycles. The van der Waals surface area contributed by atoms with Crippen molar-refractivity contribution in [1.82, 2.24) is 31.9 Å². The van der Waals surface area contributed by atoms with Crippen LogP contribution in [0.2, 0.25) is 0 Å². The number of hydrogen-bond acceptors (Lipinski definition) is 12. The Bertz CT molecular complexity index is 2570. The first-order chi connectivity index (χ1) is 36.6. The van der Waals surface area contributed by atoms with Gasteiger partial charge in [-0.15, -0.1) is 0 Å². The minimum Gasteiger partial charge on any atom is -0.370 e. The Kier molecular flexibility index (Phi) is 24.8. The number of primary amides is 1. The van der Waals surface area contributed by atoms with E-state index in [1.54, 1.807) is 30.3 Å². The number of carbonyl (C=O) groups is 7. The van der Waals surface area contributed by atoms with Crippen LogP contribution in [-0.4, -0.2) is 120 Å². The predicted octanol–water partition coefficient (Wildman–Crippen LogP) is 1.06. The first-order valence-corrected chi connectivity index (χ1v) is 27.7. The second-order valence-electron chi connectivity index (χ2n) is 18.0. The molecule has 0 aliphatic carbocycles. The van der Waals surface area contributed by atoms with Crippen molar-refractivity contribution in [2.24, 2.45) is 38.7 Å². The molecule has 0 aromatic heterocycles. The monoisotopic (exact) mass is 1100 g/mol. The molecule has 4 aromatic carbocycles. The topological polar surface area (TPSA) is 346 Å². The van der Waals surface area contributed by atoms with Crippen LogP contribution in [0.25, 0.3) is 0 Å². The van der Waals surface area contributed by atoms with Crippen molar-refractivity contribution in [3.63, 3.8) is 0 Å². The van der Waals surface area contributed by atoms with Crippen LogP contribution in [0.3, 0.4) is 0 Å². The third kappa shape index (κ3) is 20.5. The molecule has 2 bridgehead atoms. The van der Waals surface area contributed by atoms with Crippen LogP contribution in [-0.2, 0) is 51.5 Å². The molecule has 5 rings (SSSR count). The Morgan fingerprint density at radius 3 is 1.55 bits per heavy atom. The molecule has 0 fully saturated rings. The summed E-state index contributed by atoms with van der Waals surface area (Å²) in [7, 11) is 0. The van der Waals surface area contributed by atoms with Crippen LogP contribution in [0.15, 0.2) is 125 Å². The van der Waals surface area contributed by atoms with Gasteiger partial charge in [0.1, 0.15) is 36.3 Å². The summed E-state index contributed by atoms with van der Waals surface area (Å²) in [5, 5.41) is 16.7. The molecular weight excluding hydrogens is 1030 g/mol. The summed E-state index contributed by atoms with van der Waals surface area (Å²) in [5.41, 5.74) is 32.4. The molecule has 20 nitrogen and oxygen atoms in total. The number of thiol groups is 1. The molecule has 0 unspecified atom stereocenters. The van der Waals surface area contributed by atoms with Gasteiger partial charge in [0.2, 0.25) is 41.4 Å². The number of aliphatic imine (C=N–C) groups is 2. The van der Waals surface area contributed by atoms with Crippen molar-refractivity contribution >= 4 is 89.4 Å². The molecule has 6 atom stereocenters. The molecule has 1 heterocycles. The minimum atomic E-state index is -1.36. The molecule has 0 saturated carbocycles. The lowest BCUT2D eigenvalue weighted by molar-refractivity contribution is -0.135. The van der Waals surface area contributed by atoms with Crippen molar-refractivity contribution in [1.29, 1.82) is 0 Å². The van der Waals surface area contributed by atoms with Crippen LogP contribution in [0.1, 0.15) is 65.8 Å². The fourth-order valence-corrected chi connectivity index (χ4v) is 10.5. The lowest BCUT2D eigenvalue weighted by atomic mass is 9.88. The summed E-state index contributed by atoms with van der Waals surface area (Å²) in [6, 6.07) is 28.3.